The molecule has 124 valence electrons. The molecular formula is C16H19NO6. The van der Waals surface area contributed by atoms with Gasteiger partial charge in [0, 0.05) is 0 Å². The fraction of sp³-hybridized carbons (Fsp3) is 0.312. The number of carboxylic acids is 1. The Labute approximate surface area is 133 Å². The molecule has 0 bridgehead atoms. The van der Waals surface area contributed by atoms with Gasteiger partial charge in [-0.2, -0.15) is 0 Å². The van der Waals surface area contributed by atoms with Gasteiger partial charge >= 0.3 is 18.0 Å². The van der Waals surface area contributed by atoms with Gasteiger partial charge in [-0.05, 0) is 12.5 Å². The van der Waals surface area contributed by atoms with E-state index in [2.05, 4.69) is 11.9 Å². The quantitative estimate of drug-likeness (QED) is 0.558. The summed E-state index contributed by atoms with van der Waals surface area (Å²) in [4.78, 5) is 34.8. The summed E-state index contributed by atoms with van der Waals surface area (Å²) < 4.78 is 9.71. The number of alkyl carbamates (subject to hydrolysis) is 1. The molecular weight excluding hydrogens is 302 g/mol. The van der Waals surface area contributed by atoms with Crippen LogP contribution in [0.3, 0.4) is 0 Å². The maximum atomic E-state index is 11.7. The number of carbonyl (C=O) groups is 3. The molecule has 7 nitrogen and oxygen atoms in total. The van der Waals surface area contributed by atoms with Gasteiger partial charge in [0.05, 0.1) is 6.61 Å². The number of ether oxygens (including phenoxy) is 2. The van der Waals surface area contributed by atoms with E-state index in [1.165, 1.54) is 0 Å². The number of hydrogen-bond donors (Lipinski definition) is 2. The predicted molar refractivity (Wildman–Crippen MR) is 81.5 cm³/mol. The van der Waals surface area contributed by atoms with Crippen LogP contribution in [-0.2, 0) is 25.7 Å². The van der Waals surface area contributed by atoms with E-state index in [9.17, 15) is 19.5 Å². The van der Waals surface area contributed by atoms with Crippen molar-refractivity contribution >= 4 is 18.0 Å². The average molecular weight is 321 g/mol. The lowest BCUT2D eigenvalue weighted by Crippen LogP contribution is -2.48. The van der Waals surface area contributed by atoms with Gasteiger partial charge in [-0.3, -0.25) is 4.79 Å². The monoisotopic (exact) mass is 321 g/mol. The Bertz CT molecular complexity index is 557. The highest BCUT2D eigenvalue weighted by atomic mass is 16.5. The van der Waals surface area contributed by atoms with Gasteiger partial charge in [-0.1, -0.05) is 36.4 Å². The van der Waals surface area contributed by atoms with Gasteiger partial charge in [0.1, 0.15) is 18.6 Å². The topological polar surface area (TPSA) is 102 Å². The minimum atomic E-state index is -1.52. The van der Waals surface area contributed by atoms with E-state index < -0.39 is 30.0 Å². The Hall–Kier alpha value is -2.83. The van der Waals surface area contributed by atoms with Crippen molar-refractivity contribution < 1.29 is 29.0 Å². The van der Waals surface area contributed by atoms with Crippen molar-refractivity contribution in [2.45, 2.75) is 19.6 Å². The SMILES string of the molecule is C=C[C@H](C(=O)OCC)[C@H](NC(=O)OCc1ccccc1)C(=O)O. The lowest BCUT2D eigenvalue weighted by Gasteiger charge is -2.20. The zero-order chi connectivity index (χ0) is 17.2. The van der Waals surface area contributed by atoms with Crippen LogP contribution in [0.4, 0.5) is 4.79 Å². The summed E-state index contributed by atoms with van der Waals surface area (Å²) in [6, 6.07) is 7.38. The van der Waals surface area contributed by atoms with E-state index in [1.54, 1.807) is 31.2 Å². The van der Waals surface area contributed by atoms with Crippen LogP contribution >= 0.6 is 0 Å². The van der Waals surface area contributed by atoms with Crippen LogP contribution < -0.4 is 5.32 Å². The summed E-state index contributed by atoms with van der Waals surface area (Å²) in [5.74, 6) is -3.38. The van der Waals surface area contributed by atoms with Crippen LogP contribution in [0, 0.1) is 5.92 Å². The first kappa shape index (κ1) is 18.2. The number of nitrogens with one attached hydrogen (secondary N) is 1. The Kier molecular flexibility index (Phi) is 7.32. The highest BCUT2D eigenvalue weighted by Gasteiger charge is 2.34. The van der Waals surface area contributed by atoms with Crippen molar-refractivity contribution in [3.8, 4) is 0 Å². The largest absolute Gasteiger partial charge is 0.480 e. The third kappa shape index (κ3) is 5.82. The van der Waals surface area contributed by atoms with E-state index in [4.69, 9.17) is 9.47 Å². The van der Waals surface area contributed by atoms with E-state index in [0.29, 0.717) is 0 Å². The number of esters is 1. The lowest BCUT2D eigenvalue weighted by atomic mass is 10.0. The Morgan fingerprint density at radius 1 is 1.26 bits per heavy atom. The van der Waals surface area contributed by atoms with Crippen LogP contribution in [0.15, 0.2) is 43.0 Å². The maximum Gasteiger partial charge on any atom is 0.408 e. The summed E-state index contributed by atoms with van der Waals surface area (Å²) >= 11 is 0. The van der Waals surface area contributed by atoms with Crippen LogP contribution in [0.25, 0.3) is 0 Å². The van der Waals surface area contributed by atoms with E-state index in [-0.39, 0.29) is 13.2 Å². The second kappa shape index (κ2) is 9.24. The summed E-state index contributed by atoms with van der Waals surface area (Å²) in [5, 5.41) is 11.3. The molecule has 0 saturated heterocycles. The number of amides is 1. The molecule has 0 heterocycles. The molecule has 0 unspecified atom stereocenters. The van der Waals surface area contributed by atoms with Gasteiger partial charge < -0.3 is 19.9 Å². The smallest absolute Gasteiger partial charge is 0.408 e. The van der Waals surface area contributed by atoms with E-state index in [0.717, 1.165) is 11.6 Å². The molecule has 1 rings (SSSR count). The standard InChI is InChI=1S/C16H19NO6/c1-3-12(15(20)22-4-2)13(14(18)19)17-16(21)23-10-11-8-6-5-7-9-11/h3,5-9,12-13H,1,4,10H2,2H3,(H,17,21)(H,18,19)/t12-,13-/m0/s1. The highest BCUT2D eigenvalue weighted by molar-refractivity contribution is 5.87. The minimum absolute atomic E-state index is 0.0167. The number of carboxylic acid groups (broad SMARTS) is 1. The third-order valence-electron chi connectivity index (χ3n) is 2.92. The first-order valence-electron chi connectivity index (χ1n) is 6.98. The lowest BCUT2D eigenvalue weighted by molar-refractivity contribution is -0.152. The fourth-order valence-corrected chi connectivity index (χ4v) is 1.80. The fourth-order valence-electron chi connectivity index (χ4n) is 1.80. The first-order valence-corrected chi connectivity index (χ1v) is 6.98. The molecule has 0 aromatic heterocycles. The number of benzene rings is 1. The zero-order valence-corrected chi connectivity index (χ0v) is 12.7. The van der Waals surface area contributed by atoms with E-state index >= 15 is 0 Å². The molecule has 0 radical (unpaired) electrons. The van der Waals surface area contributed by atoms with Gasteiger partial charge in [-0.25, -0.2) is 9.59 Å². The molecule has 2 N–H and O–H groups in total. The predicted octanol–water partition coefficient (Wildman–Crippen LogP) is 1.73. The van der Waals surface area contributed by atoms with Crippen LogP contribution in [0.2, 0.25) is 0 Å². The first-order chi connectivity index (χ1) is 11.0. The molecule has 0 spiro atoms. The van der Waals surface area contributed by atoms with Crippen molar-refractivity contribution in [1.82, 2.24) is 5.32 Å². The zero-order valence-electron chi connectivity index (χ0n) is 12.7. The number of rotatable bonds is 8. The number of aliphatic carboxylic acids is 1. The Morgan fingerprint density at radius 3 is 2.43 bits per heavy atom. The van der Waals surface area contributed by atoms with Gasteiger partial charge in [0.15, 0.2) is 0 Å². The van der Waals surface area contributed by atoms with Crippen LogP contribution in [0.1, 0.15) is 12.5 Å². The summed E-state index contributed by atoms with van der Waals surface area (Å²) in [6.07, 6.45) is 0.172. The Balaban J connectivity index is 2.67. The number of hydrogen-bond acceptors (Lipinski definition) is 5. The summed E-state index contributed by atoms with van der Waals surface area (Å²) in [5.41, 5.74) is 0.750. The van der Waals surface area contributed by atoms with Gasteiger partial charge in [0.25, 0.3) is 0 Å². The van der Waals surface area contributed by atoms with Crippen molar-refractivity contribution in [3.63, 3.8) is 0 Å². The molecule has 0 fully saturated rings. The molecule has 23 heavy (non-hydrogen) atoms. The number of carbonyl (C=O) groups excluding carboxylic acids is 2. The Morgan fingerprint density at radius 2 is 1.91 bits per heavy atom. The minimum Gasteiger partial charge on any atom is -0.480 e. The second-order valence-electron chi connectivity index (χ2n) is 4.54. The van der Waals surface area contributed by atoms with Crippen molar-refractivity contribution in [2.24, 2.45) is 5.92 Å². The normalized spacial score (nSPS) is 12.6. The molecule has 1 amide bonds. The average Bonchev–Trinajstić information content (AvgIpc) is 2.53. The highest BCUT2D eigenvalue weighted by Crippen LogP contribution is 2.10. The molecule has 0 aliphatic heterocycles. The summed E-state index contributed by atoms with van der Waals surface area (Å²) in [6.45, 7) is 5.08. The van der Waals surface area contributed by atoms with Crippen molar-refractivity contribution in [1.29, 1.82) is 0 Å². The summed E-state index contributed by atoms with van der Waals surface area (Å²) in [7, 11) is 0. The maximum absolute atomic E-state index is 11.7. The van der Waals surface area contributed by atoms with Crippen molar-refractivity contribution in [2.75, 3.05) is 6.61 Å². The molecule has 0 saturated carbocycles. The van der Waals surface area contributed by atoms with Gasteiger partial charge in [-0.15, -0.1) is 6.58 Å². The molecule has 2 atom stereocenters. The molecule has 7 heteroatoms. The second-order valence-corrected chi connectivity index (χ2v) is 4.54. The van der Waals surface area contributed by atoms with Gasteiger partial charge in [0.2, 0.25) is 0 Å². The molecule has 0 aliphatic rings. The molecule has 0 aliphatic carbocycles. The van der Waals surface area contributed by atoms with Crippen LogP contribution in [0.5, 0.6) is 0 Å². The van der Waals surface area contributed by atoms with Crippen LogP contribution in [-0.4, -0.2) is 35.8 Å². The molecule has 1 aromatic carbocycles. The molecule has 1 aromatic rings. The third-order valence-corrected chi connectivity index (χ3v) is 2.92. The van der Waals surface area contributed by atoms with Crippen molar-refractivity contribution in [3.05, 3.63) is 48.6 Å². The van der Waals surface area contributed by atoms with E-state index in [1.807, 2.05) is 6.07 Å².